The van der Waals surface area contributed by atoms with Crippen LogP contribution in [0.4, 0.5) is 0 Å². The maximum atomic E-state index is 12.5. The summed E-state index contributed by atoms with van der Waals surface area (Å²) in [6.07, 6.45) is 2.79. The summed E-state index contributed by atoms with van der Waals surface area (Å²) < 4.78 is 16.9. The predicted molar refractivity (Wildman–Crippen MR) is 86.3 cm³/mol. The van der Waals surface area contributed by atoms with E-state index in [1.54, 1.807) is 0 Å². The quantitative estimate of drug-likeness (QED) is 0.835. The van der Waals surface area contributed by atoms with E-state index in [-0.39, 0.29) is 24.7 Å². The van der Waals surface area contributed by atoms with Crippen LogP contribution in [0.1, 0.15) is 25.3 Å². The molecule has 0 aromatic heterocycles. The largest absolute Gasteiger partial charge is 0.483 e. The Morgan fingerprint density at radius 1 is 1.30 bits per heavy atom. The Morgan fingerprint density at radius 2 is 2.09 bits per heavy atom. The summed E-state index contributed by atoms with van der Waals surface area (Å²) in [4.78, 5) is 14.3. The molecule has 2 aliphatic heterocycles. The first-order valence-electron chi connectivity index (χ1n) is 8.49. The third-order valence-electron chi connectivity index (χ3n) is 4.55. The zero-order chi connectivity index (χ0) is 16.1. The number of benzene rings is 1. The zero-order valence-electron chi connectivity index (χ0n) is 13.7. The summed E-state index contributed by atoms with van der Waals surface area (Å²) >= 11 is 0. The van der Waals surface area contributed by atoms with Gasteiger partial charge in [-0.15, -0.1) is 0 Å². The Labute approximate surface area is 137 Å². The minimum atomic E-state index is -0.146. The van der Waals surface area contributed by atoms with Gasteiger partial charge in [0.05, 0.1) is 13.2 Å². The Balaban J connectivity index is 1.53. The lowest BCUT2D eigenvalue weighted by Gasteiger charge is -2.34. The predicted octanol–water partition coefficient (Wildman–Crippen LogP) is 2.24. The molecule has 5 nitrogen and oxygen atoms in total. The molecule has 0 saturated carbocycles. The van der Waals surface area contributed by atoms with Crippen molar-refractivity contribution in [2.24, 2.45) is 5.92 Å². The van der Waals surface area contributed by atoms with Crippen molar-refractivity contribution in [2.45, 2.75) is 32.5 Å². The van der Waals surface area contributed by atoms with Crippen LogP contribution in [-0.4, -0.2) is 50.0 Å². The van der Waals surface area contributed by atoms with Gasteiger partial charge in [-0.25, -0.2) is 0 Å². The molecule has 5 heteroatoms. The van der Waals surface area contributed by atoms with Crippen molar-refractivity contribution in [3.05, 3.63) is 29.8 Å². The number of nitrogens with zero attached hydrogens (tertiary/aromatic N) is 1. The van der Waals surface area contributed by atoms with Gasteiger partial charge in [-0.1, -0.05) is 25.1 Å². The van der Waals surface area contributed by atoms with Gasteiger partial charge in [-0.2, -0.15) is 0 Å². The van der Waals surface area contributed by atoms with Crippen LogP contribution in [0.15, 0.2) is 24.3 Å². The molecule has 23 heavy (non-hydrogen) atoms. The van der Waals surface area contributed by atoms with Crippen molar-refractivity contribution < 1.29 is 19.0 Å². The van der Waals surface area contributed by atoms with E-state index >= 15 is 0 Å². The van der Waals surface area contributed by atoms with Gasteiger partial charge in [-0.05, 0) is 30.9 Å². The van der Waals surface area contributed by atoms with Crippen molar-refractivity contribution in [1.29, 1.82) is 0 Å². The number of para-hydroxylation sites is 1. The van der Waals surface area contributed by atoms with Crippen LogP contribution in [0.5, 0.6) is 5.75 Å². The molecule has 0 radical (unpaired) electrons. The highest BCUT2D eigenvalue weighted by Gasteiger charge is 2.32. The van der Waals surface area contributed by atoms with Gasteiger partial charge < -0.3 is 19.1 Å². The molecule has 1 amide bonds. The van der Waals surface area contributed by atoms with Crippen molar-refractivity contribution in [3.63, 3.8) is 0 Å². The fourth-order valence-electron chi connectivity index (χ4n) is 3.27. The van der Waals surface area contributed by atoms with Crippen molar-refractivity contribution >= 4 is 5.91 Å². The van der Waals surface area contributed by atoms with E-state index in [1.807, 2.05) is 29.2 Å². The van der Waals surface area contributed by atoms with E-state index in [1.165, 1.54) is 0 Å². The number of hydrogen-bond acceptors (Lipinski definition) is 4. The lowest BCUT2D eigenvalue weighted by atomic mass is 9.97. The third-order valence-corrected chi connectivity index (χ3v) is 4.55. The molecule has 2 aliphatic rings. The SMILES string of the molecule is CCc1ccccc1OCC(=O)N1CCCC(C2OCCO2)C1. The van der Waals surface area contributed by atoms with Crippen LogP contribution >= 0.6 is 0 Å². The van der Waals surface area contributed by atoms with Crippen molar-refractivity contribution in [2.75, 3.05) is 32.9 Å². The van der Waals surface area contributed by atoms with Gasteiger partial charge in [0.2, 0.25) is 0 Å². The Kier molecular flexibility index (Phi) is 5.51. The van der Waals surface area contributed by atoms with Gasteiger partial charge in [0, 0.05) is 19.0 Å². The number of ether oxygens (including phenoxy) is 3. The number of carbonyl (C=O) groups is 1. The first-order chi connectivity index (χ1) is 11.3. The molecule has 2 saturated heterocycles. The topological polar surface area (TPSA) is 48.0 Å². The number of hydrogen-bond donors (Lipinski definition) is 0. The first-order valence-corrected chi connectivity index (χ1v) is 8.49. The van der Waals surface area contributed by atoms with E-state index in [2.05, 4.69) is 6.92 Å². The highest BCUT2D eigenvalue weighted by Crippen LogP contribution is 2.25. The summed E-state index contributed by atoms with van der Waals surface area (Å²) in [6.45, 7) is 4.98. The molecule has 1 aromatic carbocycles. The average Bonchev–Trinajstić information content (AvgIpc) is 3.14. The Morgan fingerprint density at radius 3 is 2.87 bits per heavy atom. The van der Waals surface area contributed by atoms with Crippen molar-refractivity contribution in [3.8, 4) is 5.75 Å². The van der Waals surface area contributed by atoms with Gasteiger partial charge in [0.15, 0.2) is 12.9 Å². The highest BCUT2D eigenvalue weighted by atomic mass is 16.7. The van der Waals surface area contributed by atoms with Gasteiger partial charge in [0.25, 0.3) is 5.91 Å². The molecule has 126 valence electrons. The smallest absolute Gasteiger partial charge is 0.260 e. The van der Waals surface area contributed by atoms with Gasteiger partial charge in [0.1, 0.15) is 5.75 Å². The summed E-state index contributed by atoms with van der Waals surface area (Å²) in [7, 11) is 0. The van der Waals surface area contributed by atoms with Crippen LogP contribution in [0.2, 0.25) is 0 Å². The van der Waals surface area contributed by atoms with Crippen molar-refractivity contribution in [1.82, 2.24) is 4.90 Å². The maximum absolute atomic E-state index is 12.5. The fraction of sp³-hybridized carbons (Fsp3) is 0.611. The standard InChI is InChI=1S/C18H25NO4/c1-2-14-6-3-4-8-16(14)23-13-17(20)19-9-5-7-15(12-19)18-21-10-11-22-18/h3-4,6,8,15,18H,2,5,7,9-13H2,1H3. The van der Waals surface area contributed by atoms with Crippen LogP contribution in [-0.2, 0) is 20.7 Å². The molecule has 0 N–H and O–H groups in total. The Bertz CT molecular complexity index is 528. The average molecular weight is 319 g/mol. The summed E-state index contributed by atoms with van der Waals surface area (Å²) in [5.74, 6) is 1.12. The minimum absolute atomic E-state index is 0.0404. The number of piperidine rings is 1. The van der Waals surface area contributed by atoms with E-state index in [0.29, 0.717) is 19.8 Å². The van der Waals surface area contributed by atoms with Crippen LogP contribution in [0.25, 0.3) is 0 Å². The third kappa shape index (κ3) is 4.03. The number of rotatable bonds is 5. The van der Waals surface area contributed by atoms with E-state index in [0.717, 1.165) is 37.1 Å². The second-order valence-corrected chi connectivity index (χ2v) is 6.10. The Hall–Kier alpha value is -1.59. The van der Waals surface area contributed by atoms with Crippen LogP contribution < -0.4 is 4.74 Å². The highest BCUT2D eigenvalue weighted by molar-refractivity contribution is 5.78. The van der Waals surface area contributed by atoms with E-state index in [9.17, 15) is 4.79 Å². The second kappa shape index (κ2) is 7.79. The summed E-state index contributed by atoms with van der Waals surface area (Å²) in [5, 5.41) is 0. The minimum Gasteiger partial charge on any atom is -0.483 e. The normalized spacial score (nSPS) is 22.3. The van der Waals surface area contributed by atoms with Crippen LogP contribution in [0.3, 0.4) is 0 Å². The molecule has 1 aromatic rings. The lowest BCUT2D eigenvalue weighted by Crippen LogP contribution is -2.45. The molecular formula is C18H25NO4. The molecule has 2 fully saturated rings. The molecule has 3 rings (SSSR count). The molecule has 1 atom stereocenters. The van der Waals surface area contributed by atoms with Gasteiger partial charge in [-0.3, -0.25) is 4.79 Å². The van der Waals surface area contributed by atoms with Crippen LogP contribution in [0, 0.1) is 5.92 Å². The molecule has 0 bridgehead atoms. The molecule has 1 unspecified atom stereocenters. The lowest BCUT2D eigenvalue weighted by molar-refractivity contribution is -0.141. The number of carbonyl (C=O) groups excluding carboxylic acids is 1. The first kappa shape index (κ1) is 16.3. The fourth-order valence-corrected chi connectivity index (χ4v) is 3.27. The number of likely N-dealkylation sites (tertiary alicyclic amines) is 1. The van der Waals surface area contributed by atoms with E-state index < -0.39 is 0 Å². The zero-order valence-corrected chi connectivity index (χ0v) is 13.7. The summed E-state index contributed by atoms with van der Waals surface area (Å²) in [5.41, 5.74) is 1.13. The monoisotopic (exact) mass is 319 g/mol. The molecule has 2 heterocycles. The van der Waals surface area contributed by atoms with Gasteiger partial charge >= 0.3 is 0 Å². The maximum Gasteiger partial charge on any atom is 0.260 e. The second-order valence-electron chi connectivity index (χ2n) is 6.10. The summed E-state index contributed by atoms with van der Waals surface area (Å²) in [6, 6.07) is 7.88. The number of aryl methyl sites for hydroxylation is 1. The van der Waals surface area contributed by atoms with E-state index in [4.69, 9.17) is 14.2 Å². The molecule has 0 aliphatic carbocycles. The number of amides is 1. The molecule has 0 spiro atoms. The molecular weight excluding hydrogens is 294 g/mol.